The van der Waals surface area contributed by atoms with Crippen LogP contribution in [0.1, 0.15) is 181 Å². The highest BCUT2D eigenvalue weighted by molar-refractivity contribution is 7.00. The fourth-order valence-electron chi connectivity index (χ4n) is 15.0. The highest BCUT2D eigenvalue weighted by Crippen LogP contribution is 2.56. The van der Waals surface area contributed by atoms with E-state index in [-0.39, 0.29) is 44.6 Å². The molecule has 0 bridgehead atoms. The summed E-state index contributed by atoms with van der Waals surface area (Å²) < 4.78 is 6.58. The summed E-state index contributed by atoms with van der Waals surface area (Å²) in [6.45, 7) is 43.1. The Kier molecular flexibility index (Phi) is 11.5. The van der Waals surface area contributed by atoms with E-state index in [0.717, 1.165) is 64.0 Å². The zero-order chi connectivity index (χ0) is 57.5. The predicted molar refractivity (Wildman–Crippen MR) is 349 cm³/mol. The molecule has 3 heterocycles. The second kappa shape index (κ2) is 17.5. The molecule has 4 nitrogen and oxygen atoms in total. The van der Waals surface area contributed by atoms with Crippen LogP contribution in [0.25, 0.3) is 21.9 Å². The third-order valence-corrected chi connectivity index (χ3v) is 19.7. The zero-order valence-electron chi connectivity index (χ0n) is 51.8. The zero-order valence-corrected chi connectivity index (χ0v) is 51.8. The van der Waals surface area contributed by atoms with Crippen LogP contribution in [0.3, 0.4) is 0 Å². The number of nitrogens with zero attached hydrogens (tertiary/aromatic N) is 3. The molecule has 0 radical (unpaired) electrons. The first-order valence-electron chi connectivity index (χ1n) is 30.1. The number of hydrogen-bond donors (Lipinski definition) is 0. The lowest BCUT2D eigenvalue weighted by Crippen LogP contribution is -2.62. The second-order valence-corrected chi connectivity index (χ2v) is 30.6. The Hall–Kier alpha value is -6.98. The Morgan fingerprint density at radius 1 is 0.420 bits per heavy atom. The smallest absolute Gasteiger partial charge is 0.252 e. The standard InChI is InChI=1S/C76H84BN3O/c1-46-37-56-59(76(17,18)45-75(56,15)16)43-62(46)80-64-44-58-57(73(11,12)35-36-74(58,13)14)42-61(64)77-60-33-31-53(78(50-27-23-47(24-28-50)70(2,3)4)51-29-25-48(26-30-51)71(5,6)7)41-63(60)79(65-38-49(72(8,9)10)39-66(80)69(65)77)52-32-34-68-55(40-52)54-21-19-20-22-67(54)81-68/h19-34,37-44H,35-36,45H2,1-18H3. The van der Waals surface area contributed by atoms with Crippen molar-refractivity contribution in [2.75, 3.05) is 14.7 Å². The van der Waals surface area contributed by atoms with Crippen LogP contribution in [0, 0.1) is 6.92 Å². The van der Waals surface area contributed by atoms with Crippen molar-refractivity contribution in [3.8, 4) is 0 Å². The summed E-state index contributed by atoms with van der Waals surface area (Å²) in [7, 11) is 0. The lowest BCUT2D eigenvalue weighted by atomic mass is 9.33. The maximum Gasteiger partial charge on any atom is 0.252 e. The van der Waals surface area contributed by atoms with Crippen molar-refractivity contribution in [2.45, 2.75) is 182 Å². The van der Waals surface area contributed by atoms with Crippen molar-refractivity contribution in [1.29, 1.82) is 0 Å². The first-order chi connectivity index (χ1) is 37.9. The van der Waals surface area contributed by atoms with Gasteiger partial charge in [0, 0.05) is 62.0 Å². The largest absolute Gasteiger partial charge is 0.456 e. The Bertz CT molecular complexity index is 3990. The van der Waals surface area contributed by atoms with Gasteiger partial charge in [0.2, 0.25) is 0 Å². The van der Waals surface area contributed by atoms with Crippen molar-refractivity contribution < 1.29 is 4.42 Å². The lowest BCUT2D eigenvalue weighted by Gasteiger charge is -2.48. The Balaban J connectivity index is 1.15. The molecule has 2 aliphatic heterocycles. The monoisotopic (exact) mass is 1070 g/mol. The molecule has 4 aliphatic rings. The lowest BCUT2D eigenvalue weighted by molar-refractivity contribution is 0.332. The highest BCUT2D eigenvalue weighted by atomic mass is 16.3. The highest BCUT2D eigenvalue weighted by Gasteiger charge is 2.49. The number of aryl methyl sites for hydroxylation is 1. The van der Waals surface area contributed by atoms with Gasteiger partial charge in [-0.15, -0.1) is 0 Å². The fraction of sp³-hybridized carbons (Fsp3) is 0.368. The third-order valence-electron chi connectivity index (χ3n) is 19.7. The maximum atomic E-state index is 6.58. The van der Waals surface area contributed by atoms with E-state index in [0.29, 0.717) is 0 Å². The molecule has 81 heavy (non-hydrogen) atoms. The summed E-state index contributed by atoms with van der Waals surface area (Å²) in [6.07, 6.45) is 3.42. The number of hydrogen-bond acceptors (Lipinski definition) is 4. The molecule has 0 saturated heterocycles. The Morgan fingerprint density at radius 3 is 1.51 bits per heavy atom. The predicted octanol–water partition coefficient (Wildman–Crippen LogP) is 19.6. The van der Waals surface area contributed by atoms with Gasteiger partial charge in [-0.3, -0.25) is 0 Å². The van der Waals surface area contributed by atoms with Crippen molar-refractivity contribution in [3.05, 3.63) is 190 Å². The van der Waals surface area contributed by atoms with Gasteiger partial charge in [0.25, 0.3) is 6.71 Å². The maximum absolute atomic E-state index is 6.58. The van der Waals surface area contributed by atoms with Gasteiger partial charge in [-0.2, -0.15) is 0 Å². The summed E-state index contributed by atoms with van der Waals surface area (Å²) in [6, 6.07) is 57.1. The quantitative estimate of drug-likeness (QED) is 0.160. The topological polar surface area (TPSA) is 22.9 Å². The summed E-state index contributed by atoms with van der Waals surface area (Å²) in [5.41, 5.74) is 27.8. The summed E-state index contributed by atoms with van der Waals surface area (Å²) in [4.78, 5) is 7.85. The molecule has 0 atom stereocenters. The van der Waals surface area contributed by atoms with Crippen LogP contribution in [0.5, 0.6) is 0 Å². The summed E-state index contributed by atoms with van der Waals surface area (Å²) in [5.74, 6) is 0. The number of para-hydroxylation sites is 1. The minimum absolute atomic E-state index is 0.00472. The molecule has 0 amide bonds. The van der Waals surface area contributed by atoms with Crippen LogP contribution in [0.2, 0.25) is 0 Å². The summed E-state index contributed by atoms with van der Waals surface area (Å²) in [5, 5.41) is 2.24. The molecule has 13 rings (SSSR count). The van der Waals surface area contributed by atoms with E-state index in [9.17, 15) is 0 Å². The van der Waals surface area contributed by atoms with Crippen LogP contribution in [-0.4, -0.2) is 6.71 Å². The first-order valence-corrected chi connectivity index (χ1v) is 30.1. The van der Waals surface area contributed by atoms with Crippen molar-refractivity contribution in [1.82, 2.24) is 0 Å². The second-order valence-electron chi connectivity index (χ2n) is 30.6. The van der Waals surface area contributed by atoms with Gasteiger partial charge in [-0.05, 0) is 210 Å². The molecular weight excluding hydrogens is 982 g/mol. The molecule has 412 valence electrons. The van der Waals surface area contributed by atoms with E-state index in [1.54, 1.807) is 0 Å². The number of benzene rings is 8. The molecule has 0 unspecified atom stereocenters. The molecule has 0 spiro atoms. The molecule has 9 aromatic rings. The van der Waals surface area contributed by atoms with Crippen LogP contribution >= 0.6 is 0 Å². The van der Waals surface area contributed by atoms with Gasteiger partial charge >= 0.3 is 0 Å². The fourth-order valence-corrected chi connectivity index (χ4v) is 15.0. The summed E-state index contributed by atoms with van der Waals surface area (Å²) >= 11 is 0. The minimum atomic E-state index is -0.179. The number of fused-ring (bicyclic) bond motifs is 9. The number of rotatable bonds is 5. The van der Waals surface area contributed by atoms with E-state index >= 15 is 0 Å². The van der Waals surface area contributed by atoms with Crippen molar-refractivity contribution in [2.24, 2.45) is 0 Å². The van der Waals surface area contributed by atoms with Crippen LogP contribution in [0.15, 0.2) is 150 Å². The van der Waals surface area contributed by atoms with Gasteiger partial charge in [0.1, 0.15) is 11.2 Å². The minimum Gasteiger partial charge on any atom is -0.456 e. The average molecular weight is 1070 g/mol. The average Bonchev–Trinajstić information content (AvgIpc) is 4.02. The van der Waals surface area contributed by atoms with Crippen LogP contribution in [0.4, 0.5) is 51.2 Å². The van der Waals surface area contributed by atoms with Crippen LogP contribution in [-0.2, 0) is 37.9 Å². The number of anilines is 9. The van der Waals surface area contributed by atoms with Crippen LogP contribution < -0.4 is 31.1 Å². The van der Waals surface area contributed by atoms with Gasteiger partial charge in [0.15, 0.2) is 0 Å². The SMILES string of the molecule is Cc1cc2c(cc1N1c3cc4c(cc3B3c5ccc(N(c6ccc(C(C)(C)C)cc6)c6ccc(C(C)(C)C)cc6)cc5N(c5ccc6oc7ccccc7c6c5)c5cc(C(C)(C)C)cc1c53)C(C)(C)CCC4(C)C)C(C)(C)CC2(C)C. The van der Waals surface area contributed by atoms with Gasteiger partial charge in [0.05, 0.1) is 0 Å². The molecular formula is C76H84BN3O. The van der Waals surface area contributed by atoms with E-state index < -0.39 is 0 Å². The van der Waals surface area contributed by atoms with Crippen molar-refractivity contribution in [3.63, 3.8) is 0 Å². The molecule has 8 aromatic carbocycles. The third kappa shape index (κ3) is 8.43. The molecule has 0 N–H and O–H groups in total. The van der Waals surface area contributed by atoms with E-state index in [2.05, 4.69) is 285 Å². The molecule has 5 heteroatoms. The Morgan fingerprint density at radius 2 is 0.914 bits per heavy atom. The van der Waals surface area contributed by atoms with Gasteiger partial charge in [-0.1, -0.05) is 178 Å². The van der Waals surface area contributed by atoms with Gasteiger partial charge < -0.3 is 19.1 Å². The molecule has 1 aromatic heterocycles. The van der Waals surface area contributed by atoms with E-state index in [1.165, 1.54) is 89.3 Å². The molecule has 0 fully saturated rings. The normalized spacial score (nSPS) is 17.4. The van der Waals surface area contributed by atoms with Gasteiger partial charge in [-0.25, -0.2) is 0 Å². The number of furan rings is 1. The van der Waals surface area contributed by atoms with E-state index in [4.69, 9.17) is 4.42 Å². The van der Waals surface area contributed by atoms with E-state index in [1.807, 2.05) is 0 Å². The first kappa shape index (κ1) is 53.3. The molecule has 0 saturated carbocycles. The molecule has 2 aliphatic carbocycles. The Labute approximate surface area is 484 Å². The van der Waals surface area contributed by atoms with Crippen molar-refractivity contribution >= 4 is 96.2 Å².